The molecule has 0 saturated carbocycles. The topological polar surface area (TPSA) is 93.7 Å². The van der Waals surface area contributed by atoms with E-state index in [-0.39, 0.29) is 25.2 Å². The Morgan fingerprint density at radius 2 is 1.46 bits per heavy atom. The SMILES string of the molecule is O=C(CCCC(=O)OCC(=O)Nc1cccc(Cl)c1)Nc1ccc(Oc2ccc(Cl)cc2Cl)cc1. The molecule has 3 rings (SSSR count). The molecule has 0 atom stereocenters. The van der Waals surface area contributed by atoms with Crippen LogP contribution in [0.5, 0.6) is 11.5 Å². The molecule has 0 aliphatic heterocycles. The van der Waals surface area contributed by atoms with Crippen molar-refractivity contribution in [2.75, 3.05) is 17.2 Å². The first kappa shape index (κ1) is 26.3. The van der Waals surface area contributed by atoms with Crippen molar-refractivity contribution >= 4 is 64.0 Å². The predicted octanol–water partition coefficient (Wildman–Crippen LogP) is 6.73. The number of ether oxygens (including phenoxy) is 2. The van der Waals surface area contributed by atoms with Crippen LogP contribution in [-0.4, -0.2) is 24.4 Å². The van der Waals surface area contributed by atoms with Crippen LogP contribution in [0.3, 0.4) is 0 Å². The van der Waals surface area contributed by atoms with E-state index in [4.69, 9.17) is 44.3 Å². The summed E-state index contributed by atoms with van der Waals surface area (Å²) in [5.41, 5.74) is 1.08. The molecule has 0 saturated heterocycles. The minimum absolute atomic E-state index is 0.00644. The van der Waals surface area contributed by atoms with Crippen molar-refractivity contribution in [1.82, 2.24) is 0 Å². The molecule has 0 fully saturated rings. The largest absolute Gasteiger partial charge is 0.456 e. The quantitative estimate of drug-likeness (QED) is 0.281. The second kappa shape index (κ2) is 13.0. The molecule has 0 bridgehead atoms. The lowest BCUT2D eigenvalue weighted by Crippen LogP contribution is -2.21. The summed E-state index contributed by atoms with van der Waals surface area (Å²) in [5, 5.41) is 6.69. The highest BCUT2D eigenvalue weighted by atomic mass is 35.5. The van der Waals surface area contributed by atoms with E-state index in [1.54, 1.807) is 66.7 Å². The van der Waals surface area contributed by atoms with Gasteiger partial charge in [-0.25, -0.2) is 0 Å². The van der Waals surface area contributed by atoms with E-state index in [1.165, 1.54) is 0 Å². The van der Waals surface area contributed by atoms with Crippen molar-refractivity contribution in [2.45, 2.75) is 19.3 Å². The van der Waals surface area contributed by atoms with E-state index >= 15 is 0 Å². The van der Waals surface area contributed by atoms with Gasteiger partial charge in [-0.2, -0.15) is 0 Å². The number of carbonyl (C=O) groups excluding carboxylic acids is 3. The Balaban J connectivity index is 1.34. The van der Waals surface area contributed by atoms with Crippen LogP contribution in [0.1, 0.15) is 19.3 Å². The lowest BCUT2D eigenvalue weighted by Gasteiger charge is -2.09. The summed E-state index contributed by atoms with van der Waals surface area (Å²) in [6, 6.07) is 18.3. The number of benzene rings is 3. The number of anilines is 2. The third kappa shape index (κ3) is 9.13. The Hall–Kier alpha value is -3.26. The van der Waals surface area contributed by atoms with Crippen molar-refractivity contribution in [2.24, 2.45) is 0 Å². The van der Waals surface area contributed by atoms with E-state index in [0.29, 0.717) is 37.9 Å². The zero-order chi connectivity index (χ0) is 25.2. The summed E-state index contributed by atoms with van der Waals surface area (Å²) in [4.78, 5) is 35.8. The van der Waals surface area contributed by atoms with Crippen LogP contribution >= 0.6 is 34.8 Å². The van der Waals surface area contributed by atoms with E-state index in [9.17, 15) is 14.4 Å². The molecular weight excluding hydrogens is 515 g/mol. The maximum atomic E-state index is 12.1. The molecule has 2 amide bonds. The molecule has 0 heterocycles. The number of hydrogen-bond donors (Lipinski definition) is 2. The number of nitrogens with one attached hydrogen (secondary N) is 2. The van der Waals surface area contributed by atoms with Crippen LogP contribution in [0.15, 0.2) is 66.7 Å². The zero-order valence-electron chi connectivity index (χ0n) is 18.4. The van der Waals surface area contributed by atoms with Gasteiger partial charge in [-0.1, -0.05) is 40.9 Å². The van der Waals surface area contributed by atoms with Gasteiger partial charge in [0.2, 0.25) is 5.91 Å². The Bertz CT molecular complexity index is 1200. The minimum Gasteiger partial charge on any atom is -0.456 e. The molecule has 0 aromatic heterocycles. The number of esters is 1. The van der Waals surface area contributed by atoms with Crippen LogP contribution in [0.4, 0.5) is 11.4 Å². The summed E-state index contributed by atoms with van der Waals surface area (Å²) in [7, 11) is 0. The molecule has 3 aromatic carbocycles. The molecule has 7 nitrogen and oxygen atoms in total. The summed E-state index contributed by atoms with van der Waals surface area (Å²) in [6.07, 6.45) is 0.395. The Kier molecular flexibility index (Phi) is 9.78. The molecule has 0 aliphatic rings. The van der Waals surface area contributed by atoms with Crippen LogP contribution in [0, 0.1) is 0 Å². The zero-order valence-corrected chi connectivity index (χ0v) is 20.6. The fourth-order valence-electron chi connectivity index (χ4n) is 2.89. The van der Waals surface area contributed by atoms with Crippen molar-refractivity contribution < 1.29 is 23.9 Å². The molecule has 0 radical (unpaired) electrons. The van der Waals surface area contributed by atoms with Gasteiger partial charge in [0.1, 0.15) is 11.5 Å². The van der Waals surface area contributed by atoms with Gasteiger partial charge in [-0.05, 0) is 67.1 Å². The third-order valence-electron chi connectivity index (χ3n) is 4.52. The maximum Gasteiger partial charge on any atom is 0.306 e. The molecule has 182 valence electrons. The summed E-state index contributed by atoms with van der Waals surface area (Å²) < 4.78 is 10.6. The Morgan fingerprint density at radius 1 is 0.743 bits per heavy atom. The fraction of sp³-hybridized carbons (Fsp3) is 0.160. The number of rotatable bonds is 10. The highest BCUT2D eigenvalue weighted by Crippen LogP contribution is 2.32. The van der Waals surface area contributed by atoms with E-state index in [1.807, 2.05) is 0 Å². The van der Waals surface area contributed by atoms with Crippen LogP contribution in [0.2, 0.25) is 15.1 Å². The molecule has 0 spiro atoms. The third-order valence-corrected chi connectivity index (χ3v) is 5.28. The fourth-order valence-corrected chi connectivity index (χ4v) is 3.53. The molecule has 0 unspecified atom stereocenters. The molecule has 3 aromatic rings. The van der Waals surface area contributed by atoms with Gasteiger partial charge in [0, 0.05) is 34.3 Å². The van der Waals surface area contributed by atoms with Gasteiger partial charge in [0.25, 0.3) is 5.91 Å². The van der Waals surface area contributed by atoms with Gasteiger partial charge in [-0.15, -0.1) is 0 Å². The van der Waals surface area contributed by atoms with E-state index in [2.05, 4.69) is 10.6 Å². The first-order valence-corrected chi connectivity index (χ1v) is 11.7. The van der Waals surface area contributed by atoms with Crippen LogP contribution in [0.25, 0.3) is 0 Å². The van der Waals surface area contributed by atoms with Crippen molar-refractivity contribution in [3.8, 4) is 11.5 Å². The van der Waals surface area contributed by atoms with Gasteiger partial charge in [0.05, 0.1) is 5.02 Å². The van der Waals surface area contributed by atoms with Gasteiger partial charge in [0.15, 0.2) is 6.61 Å². The Morgan fingerprint density at radius 3 is 2.17 bits per heavy atom. The average molecular weight is 536 g/mol. The number of carbonyl (C=O) groups is 3. The number of hydrogen-bond acceptors (Lipinski definition) is 5. The lowest BCUT2D eigenvalue weighted by atomic mass is 10.2. The van der Waals surface area contributed by atoms with Crippen molar-refractivity contribution in [1.29, 1.82) is 0 Å². The highest BCUT2D eigenvalue weighted by Gasteiger charge is 2.10. The smallest absolute Gasteiger partial charge is 0.306 e. The van der Waals surface area contributed by atoms with Crippen LogP contribution < -0.4 is 15.4 Å². The average Bonchev–Trinajstić information content (AvgIpc) is 2.81. The van der Waals surface area contributed by atoms with Gasteiger partial charge >= 0.3 is 5.97 Å². The molecular formula is C25H21Cl3N2O5. The van der Waals surface area contributed by atoms with Crippen molar-refractivity contribution in [3.05, 3.63) is 81.8 Å². The van der Waals surface area contributed by atoms with Crippen LogP contribution in [-0.2, 0) is 19.1 Å². The number of halogens is 3. The lowest BCUT2D eigenvalue weighted by molar-refractivity contribution is -0.147. The molecule has 10 heteroatoms. The molecule has 2 N–H and O–H groups in total. The Labute approximate surface area is 217 Å². The first-order chi connectivity index (χ1) is 16.8. The molecule has 0 aliphatic carbocycles. The highest BCUT2D eigenvalue weighted by molar-refractivity contribution is 6.35. The summed E-state index contributed by atoms with van der Waals surface area (Å²) >= 11 is 17.8. The maximum absolute atomic E-state index is 12.1. The summed E-state index contributed by atoms with van der Waals surface area (Å²) in [6.45, 7) is -0.423. The standard InChI is InChI=1S/C25H21Cl3N2O5/c26-16-3-1-4-19(13-16)30-24(32)15-34-25(33)6-2-5-23(31)29-18-8-10-20(11-9-18)35-22-12-7-17(27)14-21(22)28/h1,3-4,7-14H,2,5-6,15H2,(H,29,31)(H,30,32). The van der Waals surface area contributed by atoms with E-state index in [0.717, 1.165) is 0 Å². The summed E-state index contributed by atoms with van der Waals surface area (Å²) in [5.74, 6) is -0.313. The second-order valence-corrected chi connectivity index (χ2v) is 8.60. The monoisotopic (exact) mass is 534 g/mol. The van der Waals surface area contributed by atoms with Gasteiger partial charge < -0.3 is 20.1 Å². The van der Waals surface area contributed by atoms with Gasteiger partial charge in [-0.3, -0.25) is 14.4 Å². The predicted molar refractivity (Wildman–Crippen MR) is 136 cm³/mol. The van der Waals surface area contributed by atoms with Crippen molar-refractivity contribution in [3.63, 3.8) is 0 Å². The number of amides is 2. The minimum atomic E-state index is -0.568. The normalized spacial score (nSPS) is 10.4. The van der Waals surface area contributed by atoms with E-state index < -0.39 is 18.5 Å². The first-order valence-electron chi connectivity index (χ1n) is 10.5. The molecule has 35 heavy (non-hydrogen) atoms. The second-order valence-electron chi connectivity index (χ2n) is 7.32.